The molecule has 0 spiro atoms. The lowest BCUT2D eigenvalue weighted by molar-refractivity contribution is 0.409. The first-order valence-corrected chi connectivity index (χ1v) is 3.85. The molecule has 1 aromatic rings. The number of hydrogen-bond donors (Lipinski definition) is 0. The molecule has 0 aliphatic carbocycles. The molecule has 0 unspecified atom stereocenters. The molecule has 0 N–H and O–H groups in total. The lowest BCUT2D eigenvalue weighted by Gasteiger charge is -2.04. The van der Waals surface area contributed by atoms with Gasteiger partial charge >= 0.3 is 0 Å². The summed E-state index contributed by atoms with van der Waals surface area (Å²) in [6, 6.07) is 2.06. The van der Waals surface area contributed by atoms with E-state index in [1.165, 1.54) is 0 Å². The molecule has 0 saturated heterocycles. The predicted octanol–water partition coefficient (Wildman–Crippen LogP) is 1.41. The van der Waals surface area contributed by atoms with Gasteiger partial charge in [-0.05, 0) is 6.92 Å². The van der Waals surface area contributed by atoms with E-state index in [0.29, 0.717) is 11.3 Å². The van der Waals surface area contributed by atoms with Crippen molar-refractivity contribution in [2.45, 2.75) is 6.92 Å². The van der Waals surface area contributed by atoms with Gasteiger partial charge in [0, 0.05) is 25.9 Å². The Morgan fingerprint density at radius 1 is 1.69 bits per heavy atom. The maximum absolute atomic E-state index is 8.84. The van der Waals surface area contributed by atoms with E-state index in [0.717, 1.165) is 5.56 Å². The Hall–Kier alpha value is -1.76. The molecule has 0 bridgehead atoms. The standard InChI is InChI=1S/C9H11N3O/c1-7-5-11-13-9(7)8(4-10)6-12(2)3/h5-6H,1-3H3/b8-6+. The smallest absolute Gasteiger partial charge is 0.181 e. The number of aromatic nitrogens is 1. The summed E-state index contributed by atoms with van der Waals surface area (Å²) in [7, 11) is 3.70. The van der Waals surface area contributed by atoms with E-state index in [2.05, 4.69) is 11.2 Å². The Morgan fingerprint density at radius 2 is 2.38 bits per heavy atom. The Balaban J connectivity index is 3.07. The van der Waals surface area contributed by atoms with Gasteiger partial charge in [0.15, 0.2) is 5.76 Å². The van der Waals surface area contributed by atoms with Gasteiger partial charge in [0.2, 0.25) is 0 Å². The summed E-state index contributed by atoms with van der Waals surface area (Å²) in [4.78, 5) is 1.79. The molecule has 0 aliphatic rings. The van der Waals surface area contributed by atoms with E-state index in [-0.39, 0.29) is 0 Å². The first kappa shape index (κ1) is 9.33. The van der Waals surface area contributed by atoms with Crippen molar-refractivity contribution in [2.24, 2.45) is 0 Å². The van der Waals surface area contributed by atoms with E-state index in [4.69, 9.17) is 9.78 Å². The van der Waals surface area contributed by atoms with Crippen molar-refractivity contribution in [2.75, 3.05) is 14.1 Å². The molecule has 1 rings (SSSR count). The third kappa shape index (κ3) is 2.09. The summed E-state index contributed by atoms with van der Waals surface area (Å²) >= 11 is 0. The first-order valence-electron chi connectivity index (χ1n) is 3.85. The fourth-order valence-electron chi connectivity index (χ4n) is 0.947. The third-order valence-corrected chi connectivity index (χ3v) is 1.50. The molecule has 68 valence electrons. The molecule has 13 heavy (non-hydrogen) atoms. The average molecular weight is 177 g/mol. The summed E-state index contributed by atoms with van der Waals surface area (Å²) in [5, 5.41) is 12.5. The van der Waals surface area contributed by atoms with Crippen LogP contribution in [0.4, 0.5) is 0 Å². The van der Waals surface area contributed by atoms with E-state index >= 15 is 0 Å². The van der Waals surface area contributed by atoms with Crippen LogP contribution in [0.1, 0.15) is 11.3 Å². The van der Waals surface area contributed by atoms with E-state index < -0.39 is 0 Å². The molecule has 0 fully saturated rings. The second kappa shape index (κ2) is 3.76. The molecular weight excluding hydrogens is 166 g/mol. The van der Waals surface area contributed by atoms with Crippen molar-refractivity contribution in [3.05, 3.63) is 23.7 Å². The molecule has 0 radical (unpaired) electrons. The lowest BCUT2D eigenvalue weighted by Crippen LogP contribution is -2.02. The molecule has 1 heterocycles. The molecule has 4 nitrogen and oxygen atoms in total. The SMILES string of the molecule is Cc1cnoc1/C(C#N)=C/N(C)C. The summed E-state index contributed by atoms with van der Waals surface area (Å²) < 4.78 is 4.95. The van der Waals surface area contributed by atoms with Gasteiger partial charge in [0.05, 0.1) is 6.20 Å². The normalized spacial score (nSPS) is 11.1. The molecule has 0 aliphatic heterocycles. The van der Waals surface area contributed by atoms with Crippen LogP contribution in [0.3, 0.4) is 0 Å². The van der Waals surface area contributed by atoms with Crippen LogP contribution in [0.2, 0.25) is 0 Å². The zero-order valence-corrected chi connectivity index (χ0v) is 7.90. The highest BCUT2D eigenvalue weighted by molar-refractivity contribution is 5.74. The molecule has 1 aromatic heterocycles. The minimum absolute atomic E-state index is 0.486. The largest absolute Gasteiger partial charge is 0.382 e. The van der Waals surface area contributed by atoms with Crippen LogP contribution in [0, 0.1) is 18.3 Å². The van der Waals surface area contributed by atoms with Gasteiger partial charge in [-0.1, -0.05) is 5.16 Å². The highest BCUT2D eigenvalue weighted by Crippen LogP contribution is 2.17. The predicted molar refractivity (Wildman–Crippen MR) is 48.5 cm³/mol. The Bertz CT molecular complexity index is 357. The summed E-state index contributed by atoms with van der Waals surface area (Å²) in [5.41, 5.74) is 1.36. The van der Waals surface area contributed by atoms with Gasteiger partial charge in [0.25, 0.3) is 0 Å². The Morgan fingerprint density at radius 3 is 2.77 bits per heavy atom. The molecular formula is C9H11N3O. The fraction of sp³-hybridized carbons (Fsp3) is 0.333. The average Bonchev–Trinajstić information content (AvgIpc) is 2.47. The van der Waals surface area contributed by atoms with E-state index in [9.17, 15) is 0 Å². The minimum Gasteiger partial charge on any atom is -0.382 e. The highest BCUT2D eigenvalue weighted by Gasteiger charge is 2.09. The summed E-state index contributed by atoms with van der Waals surface area (Å²) in [6.45, 7) is 1.85. The Labute approximate surface area is 77.0 Å². The number of rotatable bonds is 2. The van der Waals surface area contributed by atoms with Crippen molar-refractivity contribution < 1.29 is 4.52 Å². The van der Waals surface area contributed by atoms with Crippen LogP contribution in [0.15, 0.2) is 16.9 Å². The fourth-order valence-corrected chi connectivity index (χ4v) is 0.947. The third-order valence-electron chi connectivity index (χ3n) is 1.50. The number of nitriles is 1. The second-order valence-electron chi connectivity index (χ2n) is 2.96. The molecule has 0 amide bonds. The van der Waals surface area contributed by atoms with E-state index in [1.807, 2.05) is 21.0 Å². The van der Waals surface area contributed by atoms with Gasteiger partial charge < -0.3 is 9.42 Å². The van der Waals surface area contributed by atoms with Gasteiger partial charge in [-0.25, -0.2) is 0 Å². The quantitative estimate of drug-likeness (QED) is 0.641. The van der Waals surface area contributed by atoms with Crippen LogP contribution < -0.4 is 0 Å². The zero-order chi connectivity index (χ0) is 9.84. The van der Waals surface area contributed by atoms with Crippen LogP contribution in [-0.4, -0.2) is 24.2 Å². The number of aryl methyl sites for hydroxylation is 1. The van der Waals surface area contributed by atoms with Crippen molar-refractivity contribution in [3.8, 4) is 6.07 Å². The van der Waals surface area contributed by atoms with Crippen molar-refractivity contribution in [1.29, 1.82) is 5.26 Å². The lowest BCUT2D eigenvalue weighted by atomic mass is 10.2. The number of allylic oxidation sites excluding steroid dienone is 1. The van der Waals surface area contributed by atoms with Crippen molar-refractivity contribution in [3.63, 3.8) is 0 Å². The van der Waals surface area contributed by atoms with Crippen LogP contribution in [-0.2, 0) is 0 Å². The summed E-state index contributed by atoms with van der Waals surface area (Å²) in [5.74, 6) is 0.538. The molecule has 0 aromatic carbocycles. The highest BCUT2D eigenvalue weighted by atomic mass is 16.5. The number of hydrogen-bond acceptors (Lipinski definition) is 4. The maximum Gasteiger partial charge on any atom is 0.181 e. The summed E-state index contributed by atoms with van der Waals surface area (Å²) in [6.07, 6.45) is 3.30. The first-order chi connectivity index (χ1) is 6.15. The maximum atomic E-state index is 8.84. The van der Waals surface area contributed by atoms with Crippen LogP contribution in [0.25, 0.3) is 5.57 Å². The van der Waals surface area contributed by atoms with Crippen molar-refractivity contribution in [1.82, 2.24) is 10.1 Å². The van der Waals surface area contributed by atoms with Crippen LogP contribution >= 0.6 is 0 Å². The van der Waals surface area contributed by atoms with Gasteiger partial charge in [-0.2, -0.15) is 5.26 Å². The Kier molecular flexibility index (Phi) is 2.70. The van der Waals surface area contributed by atoms with Gasteiger partial charge in [0.1, 0.15) is 11.6 Å². The van der Waals surface area contributed by atoms with E-state index in [1.54, 1.807) is 17.3 Å². The molecule has 4 heteroatoms. The molecule has 0 saturated carbocycles. The second-order valence-corrected chi connectivity index (χ2v) is 2.96. The van der Waals surface area contributed by atoms with Gasteiger partial charge in [-0.3, -0.25) is 0 Å². The topological polar surface area (TPSA) is 53.1 Å². The monoisotopic (exact) mass is 177 g/mol. The van der Waals surface area contributed by atoms with Gasteiger partial charge in [-0.15, -0.1) is 0 Å². The van der Waals surface area contributed by atoms with Crippen molar-refractivity contribution >= 4 is 5.57 Å². The van der Waals surface area contributed by atoms with Crippen LogP contribution in [0.5, 0.6) is 0 Å². The number of nitrogens with zero attached hydrogens (tertiary/aromatic N) is 3. The minimum atomic E-state index is 0.486. The molecule has 0 atom stereocenters. The zero-order valence-electron chi connectivity index (χ0n) is 7.90.